The Labute approximate surface area is 37.0 Å². The third-order valence-corrected chi connectivity index (χ3v) is 0.998. The van der Waals surface area contributed by atoms with Crippen LogP contribution in [0, 0.1) is 0 Å². The van der Waals surface area contributed by atoms with Gasteiger partial charge in [0.2, 0.25) is 0 Å². The number of rotatable bonds is 1. The fraction of sp³-hybridized carbons (Fsp3) is 1.00. The molecule has 0 saturated heterocycles. The summed E-state index contributed by atoms with van der Waals surface area (Å²) >= 11 is 0. The normalized spacial score (nSPS) is 16.8. The Kier molecular flexibility index (Phi) is 2.25. The maximum Gasteiger partial charge on any atom is 0.327 e. The Morgan fingerprint density at radius 2 is 2.17 bits per heavy atom. The van der Waals surface area contributed by atoms with Crippen molar-refractivity contribution in [3.8, 4) is 0 Å². The van der Waals surface area contributed by atoms with E-state index in [2.05, 4.69) is 0 Å². The molecule has 0 aliphatic carbocycles. The molecular formula is C2H6NO2P. The molecule has 36 valence electrons. The van der Waals surface area contributed by atoms with Gasteiger partial charge in [0.15, 0.2) is 5.78 Å². The van der Waals surface area contributed by atoms with E-state index in [1.807, 2.05) is 0 Å². The van der Waals surface area contributed by atoms with E-state index in [0.29, 0.717) is 0 Å². The molecule has 0 spiro atoms. The molecule has 0 aromatic rings. The predicted molar refractivity (Wildman–Crippen MR) is 21.3 cm³/mol. The van der Waals surface area contributed by atoms with Crippen molar-refractivity contribution in [2.75, 3.05) is 0 Å². The molecule has 0 aromatic carbocycles. The SMILES string of the molecule is CC(N)[P+](=O)[O-]. The molecule has 0 heterocycles. The van der Waals surface area contributed by atoms with Crippen molar-refractivity contribution in [1.82, 2.24) is 0 Å². The van der Waals surface area contributed by atoms with Crippen molar-refractivity contribution in [2.45, 2.75) is 12.7 Å². The highest BCUT2D eigenvalue weighted by Gasteiger charge is 2.04. The zero-order valence-electron chi connectivity index (χ0n) is 3.42. The van der Waals surface area contributed by atoms with E-state index in [1.165, 1.54) is 6.92 Å². The summed E-state index contributed by atoms with van der Waals surface area (Å²) in [6, 6.07) is 0. The quantitative estimate of drug-likeness (QED) is 0.454. The Balaban J connectivity index is 3.26. The van der Waals surface area contributed by atoms with Crippen LogP contribution in [0.15, 0.2) is 0 Å². The summed E-state index contributed by atoms with van der Waals surface area (Å²) in [5.74, 6) is -0.694. The minimum Gasteiger partial charge on any atom is -0.594 e. The van der Waals surface area contributed by atoms with Gasteiger partial charge in [-0.1, -0.05) is 4.57 Å². The lowest BCUT2D eigenvalue weighted by atomic mass is 10.8. The highest BCUT2D eigenvalue weighted by Crippen LogP contribution is 2.08. The van der Waals surface area contributed by atoms with Crippen LogP contribution in [0.1, 0.15) is 6.92 Å². The molecule has 2 atom stereocenters. The average Bonchev–Trinajstić information content (AvgIpc) is 1.36. The van der Waals surface area contributed by atoms with Crippen LogP contribution in [0.3, 0.4) is 0 Å². The van der Waals surface area contributed by atoms with E-state index in [9.17, 15) is 9.46 Å². The fourth-order valence-electron chi connectivity index (χ4n) is 0. The van der Waals surface area contributed by atoms with Crippen LogP contribution in [0.4, 0.5) is 0 Å². The van der Waals surface area contributed by atoms with Crippen LogP contribution in [-0.4, -0.2) is 5.78 Å². The Hall–Kier alpha value is 0.0200. The number of nitrogens with two attached hydrogens (primary N) is 1. The van der Waals surface area contributed by atoms with Crippen LogP contribution in [-0.2, 0) is 4.57 Å². The van der Waals surface area contributed by atoms with Crippen molar-refractivity contribution in [2.24, 2.45) is 5.73 Å². The van der Waals surface area contributed by atoms with E-state index < -0.39 is 13.8 Å². The third-order valence-electron chi connectivity index (χ3n) is 0.333. The maximum absolute atomic E-state index is 9.61. The van der Waals surface area contributed by atoms with Crippen LogP contribution in [0.5, 0.6) is 0 Å². The molecule has 0 aliphatic rings. The second kappa shape index (κ2) is 2.24. The first-order valence-electron chi connectivity index (χ1n) is 1.53. The fourth-order valence-corrected chi connectivity index (χ4v) is 0. The third kappa shape index (κ3) is 2.27. The van der Waals surface area contributed by atoms with Gasteiger partial charge >= 0.3 is 8.03 Å². The highest BCUT2D eigenvalue weighted by atomic mass is 31.1. The van der Waals surface area contributed by atoms with E-state index >= 15 is 0 Å². The molecular weight excluding hydrogens is 101 g/mol. The summed E-state index contributed by atoms with van der Waals surface area (Å²) in [6.07, 6.45) is 0. The zero-order chi connectivity index (χ0) is 5.15. The van der Waals surface area contributed by atoms with Gasteiger partial charge in [0.1, 0.15) is 0 Å². The Morgan fingerprint density at radius 1 is 2.00 bits per heavy atom. The maximum atomic E-state index is 9.61. The lowest BCUT2D eigenvalue weighted by molar-refractivity contribution is -0.166. The van der Waals surface area contributed by atoms with Crippen molar-refractivity contribution in [1.29, 1.82) is 0 Å². The molecule has 0 rings (SSSR count). The molecule has 2 unspecified atom stereocenters. The van der Waals surface area contributed by atoms with Gasteiger partial charge in [0.05, 0.1) is 0 Å². The van der Waals surface area contributed by atoms with Crippen molar-refractivity contribution in [3.05, 3.63) is 0 Å². The molecule has 6 heavy (non-hydrogen) atoms. The molecule has 0 amide bonds. The Morgan fingerprint density at radius 3 is 2.17 bits per heavy atom. The van der Waals surface area contributed by atoms with Gasteiger partial charge in [0, 0.05) is 0 Å². The largest absolute Gasteiger partial charge is 0.594 e. The smallest absolute Gasteiger partial charge is 0.327 e. The minimum absolute atomic E-state index is 0.694. The summed E-state index contributed by atoms with van der Waals surface area (Å²) in [7, 11) is -2.38. The highest BCUT2D eigenvalue weighted by molar-refractivity contribution is 7.37. The molecule has 0 saturated carbocycles. The average molecular weight is 107 g/mol. The Bertz CT molecular complexity index is 62.6. The lowest BCUT2D eigenvalue weighted by Gasteiger charge is -1.86. The molecule has 4 heteroatoms. The summed E-state index contributed by atoms with van der Waals surface area (Å²) in [4.78, 5) is 9.61. The van der Waals surface area contributed by atoms with Gasteiger partial charge in [-0.2, -0.15) is 0 Å². The van der Waals surface area contributed by atoms with Crippen LogP contribution >= 0.6 is 8.03 Å². The van der Waals surface area contributed by atoms with E-state index in [0.717, 1.165) is 0 Å². The first-order chi connectivity index (χ1) is 2.64. The summed E-state index contributed by atoms with van der Waals surface area (Å²) in [6.45, 7) is 1.42. The van der Waals surface area contributed by atoms with Gasteiger partial charge in [-0.05, 0) is 6.92 Å². The van der Waals surface area contributed by atoms with Crippen molar-refractivity contribution < 1.29 is 9.46 Å². The van der Waals surface area contributed by atoms with E-state index in [4.69, 9.17) is 5.73 Å². The zero-order valence-corrected chi connectivity index (χ0v) is 4.31. The topological polar surface area (TPSA) is 66.2 Å². The molecule has 0 radical (unpaired) electrons. The van der Waals surface area contributed by atoms with Crippen LogP contribution in [0.2, 0.25) is 0 Å². The number of hydrogen-bond acceptors (Lipinski definition) is 3. The lowest BCUT2D eigenvalue weighted by Crippen LogP contribution is -2.13. The first kappa shape index (κ1) is 6.02. The van der Waals surface area contributed by atoms with E-state index in [-0.39, 0.29) is 0 Å². The molecule has 0 aliphatic heterocycles. The van der Waals surface area contributed by atoms with Gasteiger partial charge in [-0.25, -0.2) is 0 Å². The molecule has 2 N–H and O–H groups in total. The second-order valence-corrected chi connectivity index (χ2v) is 2.41. The van der Waals surface area contributed by atoms with Gasteiger partial charge in [-0.15, -0.1) is 0 Å². The summed E-state index contributed by atoms with van der Waals surface area (Å²) < 4.78 is 9.61. The van der Waals surface area contributed by atoms with Gasteiger partial charge in [0.25, 0.3) is 0 Å². The first-order valence-corrected chi connectivity index (χ1v) is 2.78. The molecule has 0 bridgehead atoms. The number of hydrogen-bond donors (Lipinski definition) is 1. The summed E-state index contributed by atoms with van der Waals surface area (Å²) in [5, 5.41) is 0. The van der Waals surface area contributed by atoms with Crippen molar-refractivity contribution in [3.63, 3.8) is 0 Å². The predicted octanol–water partition coefficient (Wildman–Crippen LogP) is -0.606. The van der Waals surface area contributed by atoms with Crippen molar-refractivity contribution >= 4 is 8.03 Å². The van der Waals surface area contributed by atoms with E-state index in [1.54, 1.807) is 0 Å². The molecule has 3 nitrogen and oxygen atoms in total. The van der Waals surface area contributed by atoms with Crippen LogP contribution in [0.25, 0.3) is 0 Å². The summed E-state index contributed by atoms with van der Waals surface area (Å²) in [5.41, 5.74) is 4.84. The van der Waals surface area contributed by atoms with Gasteiger partial charge in [-0.3, -0.25) is 5.73 Å². The second-order valence-electron chi connectivity index (χ2n) is 1.03. The molecule has 0 aromatic heterocycles. The standard InChI is InChI=1S/C2H6NO2P/c1-2(3)6(4)5/h2H,3H2,1H3. The van der Waals surface area contributed by atoms with Crippen LogP contribution < -0.4 is 10.6 Å². The monoisotopic (exact) mass is 107 g/mol. The minimum atomic E-state index is -2.38. The van der Waals surface area contributed by atoms with Gasteiger partial charge < -0.3 is 4.89 Å². The molecule has 0 fully saturated rings.